The summed E-state index contributed by atoms with van der Waals surface area (Å²) < 4.78 is 0. The normalized spacial score (nSPS) is 9.14. The van der Waals surface area contributed by atoms with Crippen molar-refractivity contribution in [1.82, 2.24) is 10.2 Å². The van der Waals surface area contributed by atoms with E-state index in [2.05, 4.69) is 22.1 Å². The van der Waals surface area contributed by atoms with E-state index in [1.54, 1.807) is 6.07 Å². The van der Waals surface area contributed by atoms with Crippen LogP contribution in [0.25, 0.3) is 0 Å². The molecule has 0 aliphatic heterocycles. The molecular formula is C8H8N4OS. The Kier molecular flexibility index (Phi) is 3.31. The monoisotopic (exact) mass is 208 g/mol. The SMILES string of the molecule is C=C(C#N)C(=O)Nc1nnc(CC)s1. The van der Waals surface area contributed by atoms with Crippen LogP contribution in [0.3, 0.4) is 0 Å². The van der Waals surface area contributed by atoms with Crippen molar-refractivity contribution in [2.75, 3.05) is 5.32 Å². The van der Waals surface area contributed by atoms with Gasteiger partial charge in [0.15, 0.2) is 0 Å². The lowest BCUT2D eigenvalue weighted by molar-refractivity contribution is -0.112. The third-order valence-electron chi connectivity index (χ3n) is 1.40. The third kappa shape index (κ3) is 2.37. The summed E-state index contributed by atoms with van der Waals surface area (Å²) in [5.74, 6) is -0.536. The number of rotatable bonds is 3. The molecule has 0 unspecified atom stereocenters. The number of hydrogen-bond acceptors (Lipinski definition) is 5. The quantitative estimate of drug-likeness (QED) is 0.596. The van der Waals surface area contributed by atoms with Gasteiger partial charge in [-0.1, -0.05) is 24.8 Å². The summed E-state index contributed by atoms with van der Waals surface area (Å²) in [6, 6.07) is 1.66. The van der Waals surface area contributed by atoms with Crippen LogP contribution in [-0.2, 0) is 11.2 Å². The second kappa shape index (κ2) is 4.48. The van der Waals surface area contributed by atoms with Crippen LogP contribution in [0, 0.1) is 11.3 Å². The Labute approximate surface area is 85.1 Å². The van der Waals surface area contributed by atoms with E-state index in [0.29, 0.717) is 5.13 Å². The highest BCUT2D eigenvalue weighted by Crippen LogP contribution is 2.15. The first-order chi connectivity index (χ1) is 6.67. The van der Waals surface area contributed by atoms with Crippen molar-refractivity contribution in [2.24, 2.45) is 0 Å². The zero-order valence-corrected chi connectivity index (χ0v) is 8.39. The van der Waals surface area contributed by atoms with Gasteiger partial charge in [-0.15, -0.1) is 10.2 Å². The Bertz CT molecular complexity index is 404. The number of aromatic nitrogens is 2. The van der Waals surface area contributed by atoms with Crippen molar-refractivity contribution in [3.8, 4) is 6.07 Å². The Morgan fingerprint density at radius 2 is 2.43 bits per heavy atom. The number of hydrogen-bond donors (Lipinski definition) is 1. The van der Waals surface area contributed by atoms with E-state index in [9.17, 15) is 4.79 Å². The lowest BCUT2D eigenvalue weighted by Gasteiger charge is -1.95. The van der Waals surface area contributed by atoms with Gasteiger partial charge < -0.3 is 0 Å². The van der Waals surface area contributed by atoms with Crippen molar-refractivity contribution in [2.45, 2.75) is 13.3 Å². The van der Waals surface area contributed by atoms with Gasteiger partial charge >= 0.3 is 0 Å². The lowest BCUT2D eigenvalue weighted by Crippen LogP contribution is -2.12. The minimum atomic E-state index is -0.536. The van der Waals surface area contributed by atoms with Crippen LogP contribution in [0.4, 0.5) is 5.13 Å². The molecule has 14 heavy (non-hydrogen) atoms. The van der Waals surface area contributed by atoms with E-state index in [4.69, 9.17) is 5.26 Å². The zero-order valence-electron chi connectivity index (χ0n) is 7.57. The van der Waals surface area contributed by atoms with E-state index in [1.165, 1.54) is 11.3 Å². The highest BCUT2D eigenvalue weighted by atomic mass is 32.1. The average Bonchev–Trinajstić information content (AvgIpc) is 2.64. The summed E-state index contributed by atoms with van der Waals surface area (Å²) in [5.41, 5.74) is -0.141. The summed E-state index contributed by atoms with van der Waals surface area (Å²) in [6.07, 6.45) is 0.771. The van der Waals surface area contributed by atoms with Gasteiger partial charge in [-0.05, 0) is 6.42 Å². The topological polar surface area (TPSA) is 78.7 Å². The van der Waals surface area contributed by atoms with Crippen LogP contribution in [0.15, 0.2) is 12.2 Å². The molecule has 0 aromatic carbocycles. The van der Waals surface area contributed by atoms with E-state index < -0.39 is 5.91 Å². The minimum absolute atomic E-state index is 0.141. The standard InChI is InChI=1S/C8H8N4OS/c1-3-6-11-12-8(14-6)10-7(13)5(2)4-9/h2-3H2,1H3,(H,10,12,13). The molecule has 1 aromatic heterocycles. The van der Waals surface area contributed by atoms with Gasteiger partial charge in [0.1, 0.15) is 16.6 Å². The molecule has 0 fully saturated rings. The van der Waals surface area contributed by atoms with E-state index in [1.807, 2.05) is 6.92 Å². The van der Waals surface area contributed by atoms with Gasteiger partial charge in [0.25, 0.3) is 5.91 Å². The molecule has 1 rings (SSSR count). The third-order valence-corrected chi connectivity index (χ3v) is 2.38. The van der Waals surface area contributed by atoms with Crippen LogP contribution in [0.5, 0.6) is 0 Å². The summed E-state index contributed by atoms with van der Waals surface area (Å²) in [7, 11) is 0. The fourth-order valence-corrected chi connectivity index (χ4v) is 1.34. The van der Waals surface area contributed by atoms with Gasteiger partial charge in [0.2, 0.25) is 5.13 Å². The number of carbonyl (C=O) groups is 1. The van der Waals surface area contributed by atoms with Crippen LogP contribution in [-0.4, -0.2) is 16.1 Å². The van der Waals surface area contributed by atoms with Crippen LogP contribution in [0.1, 0.15) is 11.9 Å². The molecule has 0 radical (unpaired) electrons. The first-order valence-corrected chi connectivity index (χ1v) is 4.71. The van der Waals surface area contributed by atoms with E-state index in [-0.39, 0.29) is 5.57 Å². The fraction of sp³-hybridized carbons (Fsp3) is 0.250. The minimum Gasteiger partial charge on any atom is -0.296 e. The smallest absolute Gasteiger partial charge is 0.267 e. The molecule has 0 atom stereocenters. The van der Waals surface area contributed by atoms with Crippen LogP contribution in [0.2, 0.25) is 0 Å². The van der Waals surface area contributed by atoms with Gasteiger partial charge in [-0.3, -0.25) is 10.1 Å². The van der Waals surface area contributed by atoms with Crippen molar-refractivity contribution >= 4 is 22.4 Å². The number of nitrogens with one attached hydrogen (secondary N) is 1. The highest BCUT2D eigenvalue weighted by molar-refractivity contribution is 7.15. The number of nitrogens with zero attached hydrogens (tertiary/aromatic N) is 3. The number of carbonyl (C=O) groups excluding carboxylic acids is 1. The molecule has 6 heteroatoms. The van der Waals surface area contributed by atoms with Gasteiger partial charge in [0.05, 0.1) is 0 Å². The number of amides is 1. The number of anilines is 1. The first kappa shape index (κ1) is 10.3. The molecule has 0 saturated carbocycles. The Hall–Kier alpha value is -1.74. The maximum Gasteiger partial charge on any atom is 0.267 e. The van der Waals surface area contributed by atoms with Crippen LogP contribution >= 0.6 is 11.3 Å². The second-order valence-corrected chi connectivity index (χ2v) is 3.46. The maximum atomic E-state index is 11.1. The van der Waals surface area contributed by atoms with Crippen molar-refractivity contribution in [3.05, 3.63) is 17.2 Å². The molecule has 1 aromatic rings. The second-order valence-electron chi connectivity index (χ2n) is 2.40. The number of aryl methyl sites for hydroxylation is 1. The van der Waals surface area contributed by atoms with Crippen LogP contribution < -0.4 is 5.32 Å². The van der Waals surface area contributed by atoms with Gasteiger partial charge in [-0.2, -0.15) is 5.26 Å². The van der Waals surface area contributed by atoms with Crippen molar-refractivity contribution in [3.63, 3.8) is 0 Å². The van der Waals surface area contributed by atoms with E-state index >= 15 is 0 Å². The lowest BCUT2D eigenvalue weighted by atomic mass is 10.3. The van der Waals surface area contributed by atoms with E-state index in [0.717, 1.165) is 11.4 Å². The molecule has 1 N–H and O–H groups in total. The Morgan fingerprint density at radius 3 is 2.93 bits per heavy atom. The Morgan fingerprint density at radius 1 is 1.71 bits per heavy atom. The van der Waals surface area contributed by atoms with Gasteiger partial charge in [0, 0.05) is 0 Å². The number of nitriles is 1. The predicted molar refractivity (Wildman–Crippen MR) is 52.7 cm³/mol. The molecule has 0 aliphatic rings. The molecule has 5 nitrogen and oxygen atoms in total. The maximum absolute atomic E-state index is 11.1. The summed E-state index contributed by atoms with van der Waals surface area (Å²) in [5, 5.41) is 19.6. The molecule has 1 amide bonds. The van der Waals surface area contributed by atoms with Crippen molar-refractivity contribution < 1.29 is 4.79 Å². The molecule has 72 valence electrons. The largest absolute Gasteiger partial charge is 0.296 e. The summed E-state index contributed by atoms with van der Waals surface area (Å²) in [6.45, 7) is 5.22. The summed E-state index contributed by atoms with van der Waals surface area (Å²) >= 11 is 1.28. The zero-order chi connectivity index (χ0) is 10.6. The molecule has 1 heterocycles. The van der Waals surface area contributed by atoms with Gasteiger partial charge in [-0.25, -0.2) is 0 Å². The molecule has 0 bridgehead atoms. The molecule has 0 spiro atoms. The molecule has 0 saturated heterocycles. The van der Waals surface area contributed by atoms with Crippen molar-refractivity contribution in [1.29, 1.82) is 5.26 Å². The first-order valence-electron chi connectivity index (χ1n) is 3.90. The Balaban J connectivity index is 2.66. The molecular weight excluding hydrogens is 200 g/mol. The summed E-state index contributed by atoms with van der Waals surface area (Å²) in [4.78, 5) is 11.1. The average molecular weight is 208 g/mol. The predicted octanol–water partition coefficient (Wildman–Crippen LogP) is 1.12. The fourth-order valence-electron chi connectivity index (χ4n) is 0.670. The highest BCUT2D eigenvalue weighted by Gasteiger charge is 2.09. The molecule has 0 aliphatic carbocycles.